The van der Waals surface area contributed by atoms with Gasteiger partial charge >= 0.3 is 0 Å². The lowest BCUT2D eigenvalue weighted by Gasteiger charge is -2.37. The molecule has 0 radical (unpaired) electrons. The van der Waals surface area contributed by atoms with Crippen molar-refractivity contribution in [1.82, 2.24) is 15.5 Å². The van der Waals surface area contributed by atoms with E-state index in [0.29, 0.717) is 12.5 Å². The van der Waals surface area contributed by atoms with Crippen LogP contribution in [0.5, 0.6) is 0 Å². The lowest BCUT2D eigenvalue weighted by atomic mass is 9.79. The van der Waals surface area contributed by atoms with Crippen molar-refractivity contribution in [3.05, 3.63) is 0 Å². The molecule has 0 aromatic carbocycles. The second-order valence-corrected chi connectivity index (χ2v) is 6.41. The maximum absolute atomic E-state index is 12.3. The second-order valence-electron chi connectivity index (χ2n) is 6.41. The van der Waals surface area contributed by atoms with Gasteiger partial charge in [-0.15, -0.1) is 0 Å². The molecule has 0 aromatic rings. The maximum Gasteiger partial charge on any atom is 0.222 e. The Morgan fingerprint density at radius 1 is 1.21 bits per heavy atom. The average molecular weight is 267 g/mol. The van der Waals surface area contributed by atoms with Gasteiger partial charge in [-0.3, -0.25) is 4.79 Å². The summed E-state index contributed by atoms with van der Waals surface area (Å²) in [4.78, 5) is 14.6. The van der Waals surface area contributed by atoms with Gasteiger partial charge in [-0.25, -0.2) is 0 Å². The van der Waals surface area contributed by atoms with Gasteiger partial charge in [0.25, 0.3) is 0 Å². The SMILES string of the molecule is CNC1(CC(=O)NC2CCN(C)CC2)CCCCC1. The molecule has 1 saturated heterocycles. The van der Waals surface area contributed by atoms with Crippen LogP contribution >= 0.6 is 0 Å². The van der Waals surface area contributed by atoms with Crippen LogP contribution in [-0.2, 0) is 4.79 Å². The van der Waals surface area contributed by atoms with E-state index in [4.69, 9.17) is 0 Å². The number of nitrogens with one attached hydrogen (secondary N) is 2. The molecule has 4 heteroatoms. The van der Waals surface area contributed by atoms with E-state index in [2.05, 4.69) is 22.6 Å². The zero-order chi connectivity index (χ0) is 13.7. The van der Waals surface area contributed by atoms with Crippen LogP contribution < -0.4 is 10.6 Å². The fourth-order valence-electron chi connectivity index (χ4n) is 3.48. The largest absolute Gasteiger partial charge is 0.353 e. The van der Waals surface area contributed by atoms with E-state index in [1.165, 1.54) is 19.3 Å². The highest BCUT2D eigenvalue weighted by atomic mass is 16.1. The molecule has 2 N–H and O–H groups in total. The number of nitrogens with zero attached hydrogens (tertiary/aromatic N) is 1. The van der Waals surface area contributed by atoms with Gasteiger partial charge in [-0.05, 0) is 52.9 Å². The molecule has 4 nitrogen and oxygen atoms in total. The van der Waals surface area contributed by atoms with Crippen LogP contribution in [-0.4, -0.2) is 49.6 Å². The van der Waals surface area contributed by atoms with Gasteiger partial charge < -0.3 is 15.5 Å². The number of carbonyl (C=O) groups excluding carboxylic acids is 1. The molecule has 1 amide bonds. The lowest BCUT2D eigenvalue weighted by molar-refractivity contribution is -0.123. The average Bonchev–Trinajstić information content (AvgIpc) is 2.42. The molecule has 19 heavy (non-hydrogen) atoms. The van der Waals surface area contributed by atoms with E-state index in [1.807, 2.05) is 7.05 Å². The van der Waals surface area contributed by atoms with Crippen LogP contribution in [0.4, 0.5) is 0 Å². The first-order valence-electron chi connectivity index (χ1n) is 7.80. The number of likely N-dealkylation sites (tertiary alicyclic amines) is 1. The minimum absolute atomic E-state index is 0.0633. The smallest absolute Gasteiger partial charge is 0.222 e. The van der Waals surface area contributed by atoms with Crippen molar-refractivity contribution in [2.24, 2.45) is 0 Å². The van der Waals surface area contributed by atoms with Crippen molar-refractivity contribution in [3.8, 4) is 0 Å². The Kier molecular flexibility index (Phi) is 5.22. The van der Waals surface area contributed by atoms with Crippen molar-refractivity contribution in [2.45, 2.75) is 62.9 Å². The molecule has 2 aliphatic rings. The molecule has 2 rings (SSSR count). The highest BCUT2D eigenvalue weighted by Crippen LogP contribution is 2.30. The van der Waals surface area contributed by atoms with Gasteiger partial charge in [0.1, 0.15) is 0 Å². The fraction of sp³-hybridized carbons (Fsp3) is 0.933. The standard InChI is InChI=1S/C15H29N3O/c1-16-15(8-4-3-5-9-15)12-14(19)17-13-6-10-18(2)11-7-13/h13,16H,3-12H2,1-2H3,(H,17,19). The Labute approximate surface area is 117 Å². The summed E-state index contributed by atoms with van der Waals surface area (Å²) in [5.41, 5.74) is 0.0633. The Morgan fingerprint density at radius 3 is 2.42 bits per heavy atom. The summed E-state index contributed by atoms with van der Waals surface area (Å²) in [5.74, 6) is 0.241. The first kappa shape index (κ1) is 14.8. The number of rotatable bonds is 4. The summed E-state index contributed by atoms with van der Waals surface area (Å²) < 4.78 is 0. The molecule has 0 spiro atoms. The molecule has 1 aliphatic heterocycles. The lowest BCUT2D eigenvalue weighted by Crippen LogP contribution is -2.50. The molecule has 1 saturated carbocycles. The summed E-state index contributed by atoms with van der Waals surface area (Å²) in [6.07, 6.45) is 8.94. The van der Waals surface area contributed by atoms with Gasteiger partial charge in [0.2, 0.25) is 5.91 Å². The Balaban J connectivity index is 1.79. The highest BCUT2D eigenvalue weighted by Gasteiger charge is 2.33. The molecule has 0 bridgehead atoms. The highest BCUT2D eigenvalue weighted by molar-refractivity contribution is 5.77. The van der Waals surface area contributed by atoms with E-state index in [1.54, 1.807) is 0 Å². The molecule has 0 unspecified atom stereocenters. The van der Waals surface area contributed by atoms with Gasteiger partial charge in [0.05, 0.1) is 0 Å². The third-order valence-electron chi connectivity index (χ3n) is 4.92. The minimum Gasteiger partial charge on any atom is -0.353 e. The summed E-state index contributed by atoms with van der Waals surface area (Å²) in [6, 6.07) is 0.390. The van der Waals surface area contributed by atoms with Gasteiger partial charge in [0, 0.05) is 18.0 Å². The predicted octanol–water partition coefficient (Wildman–Crippen LogP) is 1.51. The van der Waals surface area contributed by atoms with E-state index >= 15 is 0 Å². The van der Waals surface area contributed by atoms with Crippen molar-refractivity contribution >= 4 is 5.91 Å². The Morgan fingerprint density at radius 2 is 1.84 bits per heavy atom. The second kappa shape index (κ2) is 6.71. The first-order valence-corrected chi connectivity index (χ1v) is 7.80. The zero-order valence-corrected chi connectivity index (χ0v) is 12.5. The zero-order valence-electron chi connectivity index (χ0n) is 12.5. The minimum atomic E-state index is 0.0633. The summed E-state index contributed by atoms with van der Waals surface area (Å²) in [7, 11) is 4.16. The third-order valence-corrected chi connectivity index (χ3v) is 4.92. The van der Waals surface area contributed by atoms with Crippen LogP contribution in [0.2, 0.25) is 0 Å². The predicted molar refractivity (Wildman–Crippen MR) is 78.2 cm³/mol. The van der Waals surface area contributed by atoms with Crippen LogP contribution in [0.15, 0.2) is 0 Å². The fourth-order valence-corrected chi connectivity index (χ4v) is 3.48. The number of hydrogen-bond donors (Lipinski definition) is 2. The molecule has 2 fully saturated rings. The van der Waals surface area contributed by atoms with Crippen LogP contribution in [0, 0.1) is 0 Å². The summed E-state index contributed by atoms with van der Waals surface area (Å²) >= 11 is 0. The van der Waals surface area contributed by atoms with Gasteiger partial charge in [0.15, 0.2) is 0 Å². The van der Waals surface area contributed by atoms with E-state index in [0.717, 1.165) is 38.8 Å². The molecule has 1 aliphatic carbocycles. The quantitative estimate of drug-likeness (QED) is 0.811. The summed E-state index contributed by atoms with van der Waals surface area (Å²) in [5, 5.41) is 6.66. The number of carbonyl (C=O) groups is 1. The first-order chi connectivity index (χ1) is 9.13. The number of hydrogen-bond acceptors (Lipinski definition) is 3. The van der Waals surface area contributed by atoms with Gasteiger partial charge in [-0.2, -0.15) is 0 Å². The maximum atomic E-state index is 12.3. The van der Waals surface area contributed by atoms with Crippen LogP contribution in [0.25, 0.3) is 0 Å². The molecule has 0 atom stereocenters. The Bertz CT molecular complexity index is 292. The molecular weight excluding hydrogens is 238 g/mol. The monoisotopic (exact) mass is 267 g/mol. The van der Waals surface area contributed by atoms with Crippen molar-refractivity contribution in [2.75, 3.05) is 27.2 Å². The summed E-state index contributed by atoms with van der Waals surface area (Å²) in [6.45, 7) is 2.20. The molecule has 1 heterocycles. The molecule has 110 valence electrons. The third kappa shape index (κ3) is 4.18. The van der Waals surface area contributed by atoms with Crippen LogP contribution in [0.1, 0.15) is 51.4 Å². The van der Waals surface area contributed by atoms with Crippen molar-refractivity contribution in [3.63, 3.8) is 0 Å². The molecular formula is C15H29N3O. The Hall–Kier alpha value is -0.610. The van der Waals surface area contributed by atoms with E-state index in [-0.39, 0.29) is 11.4 Å². The van der Waals surface area contributed by atoms with E-state index < -0.39 is 0 Å². The van der Waals surface area contributed by atoms with Crippen LogP contribution in [0.3, 0.4) is 0 Å². The normalized spacial score (nSPS) is 25.2. The topological polar surface area (TPSA) is 44.4 Å². The molecule has 0 aromatic heterocycles. The van der Waals surface area contributed by atoms with Crippen molar-refractivity contribution in [1.29, 1.82) is 0 Å². The van der Waals surface area contributed by atoms with Crippen molar-refractivity contribution < 1.29 is 4.79 Å². The number of piperidine rings is 1. The van der Waals surface area contributed by atoms with E-state index in [9.17, 15) is 4.79 Å². The van der Waals surface area contributed by atoms with Gasteiger partial charge in [-0.1, -0.05) is 19.3 Å². The number of amides is 1.